The number of ketones is 1. The number of benzene rings is 3. The molecule has 198 valence electrons. The molecule has 0 bridgehead atoms. The van der Waals surface area contributed by atoms with Crippen molar-refractivity contribution < 1.29 is 29.3 Å². The molecule has 0 spiro atoms. The van der Waals surface area contributed by atoms with Crippen LogP contribution in [0.4, 0.5) is 0 Å². The Labute approximate surface area is 222 Å². The van der Waals surface area contributed by atoms with E-state index < -0.39 is 17.7 Å². The number of nitrogens with zero attached hydrogens (tertiary/aromatic N) is 1. The van der Waals surface area contributed by atoms with Gasteiger partial charge in [-0.3, -0.25) is 9.59 Å². The van der Waals surface area contributed by atoms with Gasteiger partial charge < -0.3 is 24.6 Å². The molecule has 1 fully saturated rings. The summed E-state index contributed by atoms with van der Waals surface area (Å²) in [6.45, 7) is 7.40. The van der Waals surface area contributed by atoms with Crippen LogP contribution >= 0.6 is 0 Å². The molecule has 0 aliphatic carbocycles. The summed E-state index contributed by atoms with van der Waals surface area (Å²) < 4.78 is 11.4. The average Bonchev–Trinajstić information content (AvgIpc) is 3.16. The molecular formula is C31H33NO6. The second-order valence-electron chi connectivity index (χ2n) is 9.74. The van der Waals surface area contributed by atoms with Crippen LogP contribution in [0.2, 0.25) is 0 Å². The number of aliphatic hydroxyl groups is 1. The fraction of sp³-hybridized carbons (Fsp3) is 0.290. The molecule has 1 amide bonds. The Hall–Kier alpha value is -4.26. The number of carbonyl (C=O) groups is 2. The molecule has 3 aromatic carbocycles. The van der Waals surface area contributed by atoms with Crippen molar-refractivity contribution in [1.82, 2.24) is 4.90 Å². The number of hydrogen-bond acceptors (Lipinski definition) is 6. The molecule has 3 aromatic rings. The van der Waals surface area contributed by atoms with Crippen LogP contribution in [0.25, 0.3) is 5.76 Å². The molecule has 7 nitrogen and oxygen atoms in total. The lowest BCUT2D eigenvalue weighted by Gasteiger charge is -2.25. The largest absolute Gasteiger partial charge is 0.508 e. The Morgan fingerprint density at radius 2 is 1.66 bits per heavy atom. The fourth-order valence-corrected chi connectivity index (χ4v) is 4.31. The minimum absolute atomic E-state index is 0.00906. The van der Waals surface area contributed by atoms with Gasteiger partial charge >= 0.3 is 0 Å². The van der Waals surface area contributed by atoms with Gasteiger partial charge in [-0.15, -0.1) is 0 Å². The van der Waals surface area contributed by atoms with Crippen LogP contribution < -0.4 is 9.47 Å². The van der Waals surface area contributed by atoms with Gasteiger partial charge in [-0.05, 0) is 59.9 Å². The van der Waals surface area contributed by atoms with E-state index in [-0.39, 0.29) is 23.6 Å². The molecule has 38 heavy (non-hydrogen) atoms. The topological polar surface area (TPSA) is 96.3 Å². The second-order valence-corrected chi connectivity index (χ2v) is 9.74. The number of hydrogen-bond donors (Lipinski definition) is 2. The normalized spacial score (nSPS) is 16.7. The van der Waals surface area contributed by atoms with Gasteiger partial charge in [0, 0.05) is 12.1 Å². The number of ether oxygens (including phenoxy) is 2. The lowest BCUT2D eigenvalue weighted by molar-refractivity contribution is -0.140. The first-order valence-corrected chi connectivity index (χ1v) is 12.8. The summed E-state index contributed by atoms with van der Waals surface area (Å²) in [4.78, 5) is 28.1. The molecule has 7 heteroatoms. The molecule has 1 atom stereocenters. The molecule has 4 rings (SSSR count). The van der Waals surface area contributed by atoms with Crippen molar-refractivity contribution in [3.05, 3.63) is 95.1 Å². The SMILES string of the molecule is CCCOc1cccc(/C(O)=C2/C(=O)C(=O)N(Cc3ccc(OCC(C)C)cc3)C2c2ccc(O)cc2)c1. The molecule has 0 radical (unpaired) electrons. The molecular weight excluding hydrogens is 482 g/mol. The van der Waals surface area contributed by atoms with Crippen LogP contribution in [0.15, 0.2) is 78.4 Å². The number of Topliss-reactive ketones (excluding diaryl/α,β-unsaturated/α-hetero) is 1. The minimum atomic E-state index is -0.840. The van der Waals surface area contributed by atoms with Crippen LogP contribution in [0.5, 0.6) is 17.2 Å². The number of rotatable bonds is 10. The van der Waals surface area contributed by atoms with E-state index in [2.05, 4.69) is 13.8 Å². The van der Waals surface area contributed by atoms with Crippen molar-refractivity contribution in [3.63, 3.8) is 0 Å². The van der Waals surface area contributed by atoms with Crippen LogP contribution in [-0.4, -0.2) is 40.0 Å². The first-order valence-electron chi connectivity index (χ1n) is 12.8. The van der Waals surface area contributed by atoms with E-state index in [1.165, 1.54) is 17.0 Å². The van der Waals surface area contributed by atoms with Gasteiger partial charge in [0.05, 0.1) is 24.8 Å². The van der Waals surface area contributed by atoms with E-state index in [9.17, 15) is 19.8 Å². The van der Waals surface area contributed by atoms with Crippen molar-refractivity contribution in [2.45, 2.75) is 39.8 Å². The number of phenols is 1. The van der Waals surface area contributed by atoms with Crippen molar-refractivity contribution in [2.24, 2.45) is 5.92 Å². The first-order chi connectivity index (χ1) is 18.3. The molecule has 1 aliphatic rings. The Balaban J connectivity index is 1.72. The lowest BCUT2D eigenvalue weighted by Crippen LogP contribution is -2.29. The third kappa shape index (κ3) is 5.99. The Morgan fingerprint density at radius 1 is 0.947 bits per heavy atom. The van der Waals surface area contributed by atoms with Crippen molar-refractivity contribution in [3.8, 4) is 17.2 Å². The molecule has 0 aromatic heterocycles. The molecule has 1 unspecified atom stereocenters. The number of amides is 1. The third-order valence-electron chi connectivity index (χ3n) is 6.19. The molecule has 0 saturated carbocycles. The third-order valence-corrected chi connectivity index (χ3v) is 6.19. The van der Waals surface area contributed by atoms with E-state index >= 15 is 0 Å². The smallest absolute Gasteiger partial charge is 0.295 e. The maximum Gasteiger partial charge on any atom is 0.295 e. The monoisotopic (exact) mass is 515 g/mol. The summed E-state index contributed by atoms with van der Waals surface area (Å²) in [5.41, 5.74) is 1.78. The highest BCUT2D eigenvalue weighted by molar-refractivity contribution is 6.46. The summed E-state index contributed by atoms with van der Waals surface area (Å²) in [6.07, 6.45) is 0.826. The molecule has 1 saturated heterocycles. The zero-order valence-electron chi connectivity index (χ0n) is 21.9. The van der Waals surface area contributed by atoms with E-state index in [1.54, 1.807) is 36.4 Å². The van der Waals surface area contributed by atoms with Gasteiger partial charge in [0.2, 0.25) is 0 Å². The highest BCUT2D eigenvalue weighted by Gasteiger charge is 2.46. The molecule has 2 N–H and O–H groups in total. The average molecular weight is 516 g/mol. The standard InChI is InChI=1S/C31H33NO6/c1-4-16-37-26-7-5-6-23(17-26)29(34)27-28(22-10-12-24(33)13-11-22)32(31(36)30(27)35)18-21-8-14-25(15-9-21)38-19-20(2)3/h5-15,17,20,28,33-34H,4,16,18-19H2,1-3H3/b29-27-. The van der Waals surface area contributed by atoms with E-state index in [0.717, 1.165) is 17.7 Å². The van der Waals surface area contributed by atoms with Gasteiger partial charge in [-0.1, -0.05) is 57.2 Å². The quantitative estimate of drug-likeness (QED) is 0.200. The highest BCUT2D eigenvalue weighted by Crippen LogP contribution is 2.41. The van der Waals surface area contributed by atoms with Gasteiger partial charge in [0.1, 0.15) is 23.0 Å². The van der Waals surface area contributed by atoms with Crippen LogP contribution in [0, 0.1) is 5.92 Å². The Kier molecular flexibility index (Phi) is 8.36. The fourth-order valence-electron chi connectivity index (χ4n) is 4.31. The van der Waals surface area contributed by atoms with Crippen LogP contribution in [0.3, 0.4) is 0 Å². The lowest BCUT2D eigenvalue weighted by atomic mass is 9.95. The van der Waals surface area contributed by atoms with Crippen LogP contribution in [-0.2, 0) is 16.1 Å². The minimum Gasteiger partial charge on any atom is -0.508 e. The maximum atomic E-state index is 13.3. The summed E-state index contributed by atoms with van der Waals surface area (Å²) in [5, 5.41) is 21.2. The van der Waals surface area contributed by atoms with Crippen molar-refractivity contribution >= 4 is 17.4 Å². The number of phenolic OH excluding ortho intramolecular Hbond substituents is 1. The van der Waals surface area contributed by atoms with E-state index in [1.807, 2.05) is 31.2 Å². The summed E-state index contributed by atoms with van der Waals surface area (Å²) in [5.74, 6) is -0.00567. The Morgan fingerprint density at radius 3 is 2.32 bits per heavy atom. The summed E-state index contributed by atoms with van der Waals surface area (Å²) in [7, 11) is 0. The first kappa shape index (κ1) is 26.8. The van der Waals surface area contributed by atoms with Gasteiger partial charge in [0.25, 0.3) is 11.7 Å². The van der Waals surface area contributed by atoms with Gasteiger partial charge in [-0.25, -0.2) is 0 Å². The predicted octanol–water partition coefficient (Wildman–Crippen LogP) is 5.84. The number of carbonyl (C=O) groups excluding carboxylic acids is 2. The van der Waals surface area contributed by atoms with Crippen LogP contribution in [0.1, 0.15) is 49.9 Å². The molecule has 1 aliphatic heterocycles. The van der Waals surface area contributed by atoms with E-state index in [4.69, 9.17) is 9.47 Å². The zero-order chi connectivity index (χ0) is 27.2. The summed E-state index contributed by atoms with van der Waals surface area (Å²) in [6, 6.07) is 19.7. The van der Waals surface area contributed by atoms with Crippen molar-refractivity contribution in [2.75, 3.05) is 13.2 Å². The van der Waals surface area contributed by atoms with E-state index in [0.29, 0.717) is 36.0 Å². The predicted molar refractivity (Wildman–Crippen MR) is 145 cm³/mol. The van der Waals surface area contributed by atoms with Gasteiger partial charge in [-0.2, -0.15) is 0 Å². The van der Waals surface area contributed by atoms with Gasteiger partial charge in [0.15, 0.2) is 0 Å². The number of aromatic hydroxyl groups is 1. The molecule has 1 heterocycles. The Bertz CT molecular complexity index is 1310. The second kappa shape index (κ2) is 11.9. The van der Waals surface area contributed by atoms with Crippen molar-refractivity contribution in [1.29, 1.82) is 0 Å². The number of aliphatic hydroxyl groups excluding tert-OH is 1. The maximum absolute atomic E-state index is 13.3. The zero-order valence-corrected chi connectivity index (χ0v) is 21.9. The number of likely N-dealkylation sites (tertiary alicyclic amines) is 1. The summed E-state index contributed by atoms with van der Waals surface area (Å²) >= 11 is 0. The highest BCUT2D eigenvalue weighted by atomic mass is 16.5.